The molecular formula is C13H17N5O. The van der Waals surface area contributed by atoms with Crippen molar-refractivity contribution in [1.82, 2.24) is 20.4 Å². The van der Waals surface area contributed by atoms with Crippen LogP contribution in [0.15, 0.2) is 35.3 Å². The van der Waals surface area contributed by atoms with Gasteiger partial charge in [-0.15, -0.1) is 0 Å². The maximum absolute atomic E-state index is 4.71. The third-order valence-corrected chi connectivity index (χ3v) is 3.42. The Labute approximate surface area is 111 Å². The van der Waals surface area contributed by atoms with Gasteiger partial charge in [0, 0.05) is 25.3 Å². The van der Waals surface area contributed by atoms with Gasteiger partial charge in [0.05, 0.1) is 6.54 Å². The zero-order valence-corrected chi connectivity index (χ0v) is 10.7. The maximum atomic E-state index is 4.71. The van der Waals surface area contributed by atoms with Crippen LogP contribution in [0.2, 0.25) is 0 Å². The average molecular weight is 259 g/mol. The second-order valence-corrected chi connectivity index (χ2v) is 4.68. The average Bonchev–Trinajstić information content (AvgIpc) is 3.00. The molecule has 3 rings (SSSR count). The van der Waals surface area contributed by atoms with Crippen LogP contribution >= 0.6 is 0 Å². The smallest absolute Gasteiger partial charge is 0.213 e. The number of hydrogen-bond donors (Lipinski definition) is 1. The van der Waals surface area contributed by atoms with Crippen molar-refractivity contribution in [3.8, 4) is 0 Å². The van der Waals surface area contributed by atoms with Gasteiger partial charge in [0.25, 0.3) is 0 Å². The van der Waals surface area contributed by atoms with Crippen LogP contribution in [-0.4, -0.2) is 34.3 Å². The van der Waals surface area contributed by atoms with E-state index in [9.17, 15) is 0 Å². The lowest BCUT2D eigenvalue weighted by molar-refractivity contribution is 0.386. The highest BCUT2D eigenvalue weighted by Crippen LogP contribution is 2.17. The van der Waals surface area contributed by atoms with Gasteiger partial charge in [0.15, 0.2) is 5.82 Å². The highest BCUT2D eigenvalue weighted by molar-refractivity contribution is 5.38. The van der Waals surface area contributed by atoms with Crippen molar-refractivity contribution in [3.05, 3.63) is 36.6 Å². The first-order valence-electron chi connectivity index (χ1n) is 6.56. The molecule has 0 unspecified atom stereocenters. The molecular weight excluding hydrogens is 242 g/mol. The molecule has 1 aliphatic heterocycles. The maximum Gasteiger partial charge on any atom is 0.213 e. The van der Waals surface area contributed by atoms with E-state index >= 15 is 0 Å². The van der Waals surface area contributed by atoms with E-state index in [0.717, 1.165) is 31.7 Å². The van der Waals surface area contributed by atoms with Crippen molar-refractivity contribution in [2.24, 2.45) is 0 Å². The van der Waals surface area contributed by atoms with Crippen LogP contribution in [0, 0.1) is 0 Å². The Morgan fingerprint density at radius 1 is 1.26 bits per heavy atom. The van der Waals surface area contributed by atoms with Gasteiger partial charge in [-0.3, -0.25) is 0 Å². The first-order chi connectivity index (χ1) is 9.42. The number of hydrogen-bond acceptors (Lipinski definition) is 6. The molecule has 1 aliphatic rings. The second-order valence-electron chi connectivity index (χ2n) is 4.68. The number of nitrogens with zero attached hydrogens (tertiary/aromatic N) is 4. The molecule has 19 heavy (non-hydrogen) atoms. The van der Waals surface area contributed by atoms with Gasteiger partial charge < -0.3 is 14.7 Å². The molecule has 0 spiro atoms. The van der Waals surface area contributed by atoms with Crippen LogP contribution in [0.1, 0.15) is 18.7 Å². The minimum atomic E-state index is 0.512. The largest absolute Gasteiger partial charge is 0.357 e. The summed E-state index contributed by atoms with van der Waals surface area (Å²) >= 11 is 0. The van der Waals surface area contributed by atoms with Gasteiger partial charge in [-0.2, -0.15) is 4.98 Å². The fourth-order valence-corrected chi connectivity index (χ4v) is 2.36. The van der Waals surface area contributed by atoms with Crippen LogP contribution in [0.3, 0.4) is 0 Å². The second kappa shape index (κ2) is 5.79. The van der Waals surface area contributed by atoms with E-state index in [0.29, 0.717) is 18.4 Å². The zero-order chi connectivity index (χ0) is 12.9. The Kier molecular flexibility index (Phi) is 3.69. The van der Waals surface area contributed by atoms with E-state index in [1.165, 1.54) is 6.39 Å². The van der Waals surface area contributed by atoms with Gasteiger partial charge in [-0.25, -0.2) is 4.98 Å². The topological polar surface area (TPSA) is 67.1 Å². The van der Waals surface area contributed by atoms with Crippen molar-refractivity contribution in [1.29, 1.82) is 0 Å². The van der Waals surface area contributed by atoms with Gasteiger partial charge in [0.1, 0.15) is 5.82 Å². The number of aromatic nitrogens is 3. The lowest BCUT2D eigenvalue weighted by Crippen LogP contribution is -2.42. The predicted molar refractivity (Wildman–Crippen MR) is 70.6 cm³/mol. The van der Waals surface area contributed by atoms with Crippen molar-refractivity contribution >= 4 is 5.82 Å². The summed E-state index contributed by atoms with van der Waals surface area (Å²) in [6.45, 7) is 2.73. The Balaban J connectivity index is 1.47. The number of piperidine rings is 1. The van der Waals surface area contributed by atoms with Crippen LogP contribution in [0.4, 0.5) is 5.82 Å². The van der Waals surface area contributed by atoms with Gasteiger partial charge in [-0.05, 0) is 25.0 Å². The molecule has 1 fully saturated rings. The first kappa shape index (κ1) is 12.1. The predicted octanol–water partition coefficient (Wildman–Crippen LogP) is 1.22. The monoisotopic (exact) mass is 259 g/mol. The Morgan fingerprint density at radius 2 is 2.16 bits per heavy atom. The van der Waals surface area contributed by atoms with Gasteiger partial charge >= 0.3 is 0 Å². The molecule has 1 N–H and O–H groups in total. The van der Waals surface area contributed by atoms with E-state index in [2.05, 4.69) is 31.4 Å². The van der Waals surface area contributed by atoms with E-state index in [4.69, 9.17) is 4.52 Å². The third-order valence-electron chi connectivity index (χ3n) is 3.42. The number of anilines is 1. The van der Waals surface area contributed by atoms with E-state index in [1.54, 1.807) is 0 Å². The molecule has 2 aromatic heterocycles. The van der Waals surface area contributed by atoms with Crippen molar-refractivity contribution in [3.63, 3.8) is 0 Å². The standard InChI is InChI=1S/C13H17N5O/c1-2-6-14-13(3-1)18-7-4-11(5-8-18)15-9-12-16-10-19-17-12/h1-3,6,10-11,15H,4-5,7-9H2. The summed E-state index contributed by atoms with van der Waals surface area (Å²) in [5, 5.41) is 7.26. The fourth-order valence-electron chi connectivity index (χ4n) is 2.36. The normalized spacial score (nSPS) is 16.7. The van der Waals surface area contributed by atoms with E-state index in [-0.39, 0.29) is 0 Å². The molecule has 100 valence electrons. The molecule has 0 radical (unpaired) electrons. The summed E-state index contributed by atoms with van der Waals surface area (Å²) in [5.74, 6) is 1.78. The van der Waals surface area contributed by atoms with Crippen LogP contribution < -0.4 is 10.2 Å². The van der Waals surface area contributed by atoms with Gasteiger partial charge in [0.2, 0.25) is 6.39 Å². The van der Waals surface area contributed by atoms with E-state index < -0.39 is 0 Å². The Bertz CT molecular complexity index is 479. The molecule has 0 amide bonds. The van der Waals surface area contributed by atoms with Crippen molar-refractivity contribution in [2.75, 3.05) is 18.0 Å². The number of rotatable bonds is 4. The minimum absolute atomic E-state index is 0.512. The minimum Gasteiger partial charge on any atom is -0.357 e. The third kappa shape index (κ3) is 3.08. The summed E-state index contributed by atoms with van der Waals surface area (Å²) in [5.41, 5.74) is 0. The Hall–Kier alpha value is -1.95. The molecule has 0 atom stereocenters. The van der Waals surface area contributed by atoms with Crippen LogP contribution in [-0.2, 0) is 6.54 Å². The van der Waals surface area contributed by atoms with E-state index in [1.807, 2.05) is 18.3 Å². The van der Waals surface area contributed by atoms with Crippen molar-refractivity contribution in [2.45, 2.75) is 25.4 Å². The molecule has 0 saturated carbocycles. The highest BCUT2D eigenvalue weighted by atomic mass is 16.5. The SMILES string of the molecule is c1ccc(N2CCC(NCc3ncon3)CC2)nc1. The summed E-state index contributed by atoms with van der Waals surface area (Å²) < 4.78 is 4.71. The zero-order valence-electron chi connectivity index (χ0n) is 10.7. The first-order valence-corrected chi connectivity index (χ1v) is 6.56. The summed E-state index contributed by atoms with van der Waals surface area (Å²) in [6, 6.07) is 6.55. The lowest BCUT2D eigenvalue weighted by Gasteiger charge is -2.33. The quantitative estimate of drug-likeness (QED) is 0.890. The fraction of sp³-hybridized carbons (Fsp3) is 0.462. The van der Waals surface area contributed by atoms with Crippen molar-refractivity contribution < 1.29 is 4.52 Å². The molecule has 0 bridgehead atoms. The summed E-state index contributed by atoms with van der Waals surface area (Å²) in [4.78, 5) is 10.7. The van der Waals surface area contributed by atoms with Crippen LogP contribution in [0.25, 0.3) is 0 Å². The van der Waals surface area contributed by atoms with Gasteiger partial charge in [-0.1, -0.05) is 11.2 Å². The Morgan fingerprint density at radius 3 is 2.84 bits per heavy atom. The van der Waals surface area contributed by atoms with Crippen LogP contribution in [0.5, 0.6) is 0 Å². The highest BCUT2D eigenvalue weighted by Gasteiger charge is 2.19. The molecule has 1 saturated heterocycles. The molecule has 0 aromatic carbocycles. The summed E-state index contributed by atoms with van der Waals surface area (Å²) in [7, 11) is 0. The summed E-state index contributed by atoms with van der Waals surface area (Å²) in [6.07, 6.45) is 5.42. The number of nitrogens with one attached hydrogen (secondary N) is 1. The molecule has 3 heterocycles. The molecule has 0 aliphatic carbocycles. The molecule has 6 nitrogen and oxygen atoms in total. The number of pyridine rings is 1. The molecule has 6 heteroatoms. The lowest BCUT2D eigenvalue weighted by atomic mass is 10.1. The molecule has 2 aromatic rings.